The highest BCUT2D eigenvalue weighted by Gasteiger charge is 2.11. The molecule has 2 heterocycles. The van der Waals surface area contributed by atoms with Gasteiger partial charge in [-0.2, -0.15) is 0 Å². The number of aliphatic hydroxyl groups is 1. The van der Waals surface area contributed by atoms with E-state index in [0.29, 0.717) is 0 Å². The molecule has 2 aromatic rings. The van der Waals surface area contributed by atoms with Gasteiger partial charge in [0, 0.05) is 11.9 Å². The van der Waals surface area contributed by atoms with Gasteiger partial charge in [0.25, 0.3) is 0 Å². The maximum atomic E-state index is 9.14. The van der Waals surface area contributed by atoms with E-state index >= 15 is 0 Å². The number of rotatable bonds is 4. The SMILES string of the molecule is Cc1nc(N(C)Cc2ccc(Cl)s2)sc1CO. The Labute approximate surface area is 113 Å². The zero-order chi connectivity index (χ0) is 12.4. The van der Waals surface area contributed by atoms with Gasteiger partial charge in [-0.3, -0.25) is 0 Å². The summed E-state index contributed by atoms with van der Waals surface area (Å²) in [5.74, 6) is 0. The summed E-state index contributed by atoms with van der Waals surface area (Å²) in [4.78, 5) is 8.64. The number of nitrogens with zero attached hydrogens (tertiary/aromatic N) is 2. The molecule has 1 N–H and O–H groups in total. The number of aryl methyl sites for hydroxylation is 1. The summed E-state index contributed by atoms with van der Waals surface area (Å²) in [7, 11) is 1.99. The van der Waals surface area contributed by atoms with Crippen molar-refractivity contribution in [3.8, 4) is 0 Å². The van der Waals surface area contributed by atoms with Crippen molar-refractivity contribution in [3.05, 3.63) is 31.9 Å². The molecule has 0 aliphatic heterocycles. The molecular weight excluding hydrogens is 276 g/mol. The van der Waals surface area contributed by atoms with Crippen molar-refractivity contribution in [1.29, 1.82) is 0 Å². The maximum Gasteiger partial charge on any atom is 0.185 e. The van der Waals surface area contributed by atoms with Gasteiger partial charge in [-0.05, 0) is 19.1 Å². The van der Waals surface area contributed by atoms with Crippen molar-refractivity contribution in [3.63, 3.8) is 0 Å². The predicted octanol–water partition coefficient (Wildman–Crippen LogP) is 3.30. The van der Waals surface area contributed by atoms with Crippen LogP contribution in [0, 0.1) is 6.92 Å². The first-order chi connectivity index (χ1) is 8.10. The molecule has 0 atom stereocenters. The van der Waals surface area contributed by atoms with E-state index < -0.39 is 0 Å². The van der Waals surface area contributed by atoms with E-state index in [4.69, 9.17) is 16.7 Å². The second-order valence-corrected chi connectivity index (χ2v) is 6.59. The van der Waals surface area contributed by atoms with Gasteiger partial charge in [0.1, 0.15) is 0 Å². The number of halogens is 1. The van der Waals surface area contributed by atoms with Crippen LogP contribution in [0.25, 0.3) is 0 Å². The van der Waals surface area contributed by atoms with Gasteiger partial charge >= 0.3 is 0 Å². The topological polar surface area (TPSA) is 36.4 Å². The van der Waals surface area contributed by atoms with Crippen LogP contribution in [-0.2, 0) is 13.2 Å². The summed E-state index contributed by atoms with van der Waals surface area (Å²) in [5.41, 5.74) is 0.906. The number of hydrogen-bond acceptors (Lipinski definition) is 5. The average Bonchev–Trinajstić information content (AvgIpc) is 2.85. The van der Waals surface area contributed by atoms with Crippen molar-refractivity contribution in [2.24, 2.45) is 0 Å². The standard InChI is InChI=1S/C11H13ClN2OS2/c1-7-9(6-15)17-11(13-7)14(2)5-8-3-4-10(12)16-8/h3-4,15H,5-6H2,1-2H3. The Morgan fingerprint density at radius 3 is 2.71 bits per heavy atom. The molecular formula is C11H13ClN2OS2. The molecule has 0 saturated carbocycles. The van der Waals surface area contributed by atoms with E-state index in [-0.39, 0.29) is 6.61 Å². The van der Waals surface area contributed by atoms with Gasteiger partial charge in [-0.25, -0.2) is 4.98 Å². The van der Waals surface area contributed by atoms with Gasteiger partial charge in [0.2, 0.25) is 0 Å². The second-order valence-electron chi connectivity index (χ2n) is 3.73. The summed E-state index contributed by atoms with van der Waals surface area (Å²) < 4.78 is 0.805. The molecule has 0 aromatic carbocycles. The first-order valence-electron chi connectivity index (χ1n) is 5.12. The van der Waals surface area contributed by atoms with E-state index in [1.807, 2.05) is 26.1 Å². The smallest absolute Gasteiger partial charge is 0.185 e. The lowest BCUT2D eigenvalue weighted by Crippen LogP contribution is -2.15. The number of thiazole rings is 1. The lowest BCUT2D eigenvalue weighted by atomic mass is 10.4. The van der Waals surface area contributed by atoms with E-state index in [1.165, 1.54) is 16.2 Å². The molecule has 0 bridgehead atoms. The van der Waals surface area contributed by atoms with Crippen LogP contribution < -0.4 is 4.90 Å². The zero-order valence-corrected chi connectivity index (χ0v) is 12.0. The molecule has 0 spiro atoms. The first kappa shape index (κ1) is 12.8. The summed E-state index contributed by atoms with van der Waals surface area (Å²) in [6.45, 7) is 2.76. The monoisotopic (exact) mass is 288 g/mol. The molecule has 3 nitrogen and oxygen atoms in total. The third-order valence-electron chi connectivity index (χ3n) is 2.37. The van der Waals surface area contributed by atoms with Gasteiger partial charge in [-0.1, -0.05) is 22.9 Å². The minimum Gasteiger partial charge on any atom is -0.391 e. The molecule has 17 heavy (non-hydrogen) atoms. The molecule has 2 rings (SSSR count). The van der Waals surface area contributed by atoms with Crippen LogP contribution in [0.2, 0.25) is 4.34 Å². The lowest BCUT2D eigenvalue weighted by Gasteiger charge is -2.13. The molecule has 0 amide bonds. The zero-order valence-electron chi connectivity index (χ0n) is 9.61. The van der Waals surface area contributed by atoms with Crippen LogP contribution in [-0.4, -0.2) is 17.1 Å². The van der Waals surface area contributed by atoms with Crippen LogP contribution in [0.1, 0.15) is 15.4 Å². The van der Waals surface area contributed by atoms with Gasteiger partial charge < -0.3 is 10.0 Å². The van der Waals surface area contributed by atoms with E-state index in [0.717, 1.165) is 26.6 Å². The Morgan fingerprint density at radius 2 is 2.18 bits per heavy atom. The highest BCUT2D eigenvalue weighted by molar-refractivity contribution is 7.16. The van der Waals surface area contributed by atoms with Gasteiger partial charge in [0.05, 0.1) is 28.1 Å². The minimum absolute atomic E-state index is 0.0577. The minimum atomic E-state index is 0.0577. The highest BCUT2D eigenvalue weighted by Crippen LogP contribution is 2.28. The Hall–Kier alpha value is -0.620. The normalized spacial score (nSPS) is 10.8. The second kappa shape index (κ2) is 5.35. The molecule has 0 fully saturated rings. The van der Waals surface area contributed by atoms with Crippen LogP contribution in [0.4, 0.5) is 5.13 Å². The number of hydrogen-bond donors (Lipinski definition) is 1. The molecule has 2 aromatic heterocycles. The molecule has 0 radical (unpaired) electrons. The molecule has 0 aliphatic rings. The van der Waals surface area contributed by atoms with Crippen molar-refractivity contribution in [2.45, 2.75) is 20.1 Å². The Morgan fingerprint density at radius 1 is 1.41 bits per heavy atom. The van der Waals surface area contributed by atoms with Crippen LogP contribution in [0.5, 0.6) is 0 Å². The van der Waals surface area contributed by atoms with Crippen LogP contribution >= 0.6 is 34.3 Å². The molecule has 0 aliphatic carbocycles. The van der Waals surface area contributed by atoms with E-state index in [9.17, 15) is 0 Å². The van der Waals surface area contributed by atoms with Gasteiger partial charge in [0.15, 0.2) is 5.13 Å². The lowest BCUT2D eigenvalue weighted by molar-refractivity contribution is 0.284. The molecule has 0 unspecified atom stereocenters. The quantitative estimate of drug-likeness (QED) is 0.938. The Balaban J connectivity index is 2.11. The first-order valence-corrected chi connectivity index (χ1v) is 7.13. The third-order valence-corrected chi connectivity index (χ3v) is 4.85. The highest BCUT2D eigenvalue weighted by atomic mass is 35.5. The fourth-order valence-corrected chi connectivity index (χ4v) is 3.48. The fraction of sp³-hybridized carbons (Fsp3) is 0.364. The molecule has 6 heteroatoms. The number of anilines is 1. The molecule has 92 valence electrons. The number of thiophene rings is 1. The van der Waals surface area contributed by atoms with Crippen molar-refractivity contribution < 1.29 is 5.11 Å². The van der Waals surface area contributed by atoms with Crippen molar-refractivity contribution in [2.75, 3.05) is 11.9 Å². The van der Waals surface area contributed by atoms with Gasteiger partial charge in [-0.15, -0.1) is 11.3 Å². The average molecular weight is 289 g/mol. The van der Waals surface area contributed by atoms with Crippen molar-refractivity contribution in [1.82, 2.24) is 4.98 Å². The summed E-state index contributed by atoms with van der Waals surface area (Å²) in [6, 6.07) is 3.93. The van der Waals surface area contributed by atoms with Crippen LogP contribution in [0.15, 0.2) is 12.1 Å². The fourth-order valence-electron chi connectivity index (χ4n) is 1.46. The summed E-state index contributed by atoms with van der Waals surface area (Å²) in [5, 5.41) is 10.1. The van der Waals surface area contributed by atoms with Crippen molar-refractivity contribution >= 4 is 39.4 Å². The largest absolute Gasteiger partial charge is 0.391 e. The number of aliphatic hydroxyl groups excluding tert-OH is 1. The predicted molar refractivity (Wildman–Crippen MR) is 74.2 cm³/mol. The summed E-state index contributed by atoms with van der Waals surface area (Å²) in [6.07, 6.45) is 0. The Bertz CT molecular complexity index is 509. The summed E-state index contributed by atoms with van der Waals surface area (Å²) >= 11 is 9.00. The van der Waals surface area contributed by atoms with Crippen LogP contribution in [0.3, 0.4) is 0 Å². The number of aromatic nitrogens is 1. The van der Waals surface area contributed by atoms with E-state index in [1.54, 1.807) is 11.3 Å². The van der Waals surface area contributed by atoms with E-state index in [2.05, 4.69) is 9.88 Å². The molecule has 0 saturated heterocycles. The maximum absolute atomic E-state index is 9.14. The Kier molecular flexibility index (Phi) is 4.04. The third kappa shape index (κ3) is 2.98.